The van der Waals surface area contributed by atoms with E-state index in [2.05, 4.69) is 5.32 Å². The van der Waals surface area contributed by atoms with Gasteiger partial charge in [0.05, 0.1) is 44.4 Å². The van der Waals surface area contributed by atoms with Gasteiger partial charge in [0, 0.05) is 6.54 Å². The van der Waals surface area contributed by atoms with E-state index in [1.54, 1.807) is 4.90 Å². The van der Waals surface area contributed by atoms with Crippen LogP contribution in [0.25, 0.3) is 0 Å². The molecule has 1 aromatic carbocycles. The molecular formula is C30H46N2O7. The summed E-state index contributed by atoms with van der Waals surface area (Å²) in [6.07, 6.45) is 9.60. The van der Waals surface area contributed by atoms with Crippen LogP contribution < -0.4 is 5.32 Å². The third kappa shape index (κ3) is 9.65. The van der Waals surface area contributed by atoms with E-state index in [0.717, 1.165) is 44.1 Å². The number of nitrogens with one attached hydrogen (secondary N) is 1. The van der Waals surface area contributed by atoms with Crippen LogP contribution in [0, 0.1) is 5.92 Å². The molecule has 5 atom stereocenters. The lowest BCUT2D eigenvalue weighted by Gasteiger charge is -2.30. The Kier molecular flexibility index (Phi) is 12.2. The number of nitrogens with zero attached hydrogens (tertiary/aromatic N) is 1. The summed E-state index contributed by atoms with van der Waals surface area (Å²) in [5, 5.41) is 14.2. The highest BCUT2D eigenvalue weighted by molar-refractivity contribution is 5.68. The molecular weight excluding hydrogens is 500 g/mol. The molecule has 9 heteroatoms. The van der Waals surface area contributed by atoms with Crippen LogP contribution in [0.4, 0.5) is 9.59 Å². The molecule has 3 fully saturated rings. The Morgan fingerprint density at radius 2 is 1.67 bits per heavy atom. The number of rotatable bonds is 7. The molecule has 2 amide bonds. The normalized spacial score (nSPS) is 26.9. The van der Waals surface area contributed by atoms with E-state index in [9.17, 15) is 14.7 Å². The van der Waals surface area contributed by atoms with Crippen molar-refractivity contribution in [2.75, 3.05) is 32.9 Å². The van der Waals surface area contributed by atoms with Crippen LogP contribution in [0.2, 0.25) is 0 Å². The van der Waals surface area contributed by atoms with Crippen molar-refractivity contribution in [3.63, 3.8) is 0 Å². The van der Waals surface area contributed by atoms with Crippen molar-refractivity contribution < 1.29 is 33.6 Å². The number of hydrogen-bond acceptors (Lipinski definition) is 7. The van der Waals surface area contributed by atoms with Crippen LogP contribution >= 0.6 is 0 Å². The maximum atomic E-state index is 13.0. The zero-order valence-corrected chi connectivity index (χ0v) is 23.1. The fourth-order valence-electron chi connectivity index (χ4n) is 5.70. The molecule has 39 heavy (non-hydrogen) atoms. The highest BCUT2D eigenvalue weighted by Gasteiger charge is 2.44. The Balaban J connectivity index is 1.37. The second kappa shape index (κ2) is 16.0. The standard InChI is InChI=1S/C30H46N2O7/c33-26(21-32-17-12-7-5-3-1-2-4-6-8-13-18-37-30(32)35)25(20-23-14-10-9-11-15-23)31-29(34)39-27-22-38-28-24(27)16-19-36-28/h9-11,14-15,24-28,33H,1-8,12-13,16-22H2,(H,31,34)/t24-,25?,26?,27-,28+/m0/s1. The molecule has 0 radical (unpaired) electrons. The first-order chi connectivity index (χ1) is 19.1. The molecule has 1 aromatic rings. The first-order valence-electron chi connectivity index (χ1n) is 14.9. The van der Waals surface area contributed by atoms with E-state index in [4.69, 9.17) is 18.9 Å². The molecule has 3 aliphatic rings. The molecule has 218 valence electrons. The van der Waals surface area contributed by atoms with Crippen molar-refractivity contribution in [2.24, 2.45) is 5.92 Å². The lowest BCUT2D eigenvalue weighted by molar-refractivity contribution is -0.0907. The van der Waals surface area contributed by atoms with E-state index >= 15 is 0 Å². The molecule has 0 bridgehead atoms. The highest BCUT2D eigenvalue weighted by atomic mass is 16.7. The summed E-state index contributed by atoms with van der Waals surface area (Å²) in [4.78, 5) is 27.5. The number of carbonyl (C=O) groups excluding carboxylic acids is 2. The van der Waals surface area contributed by atoms with Gasteiger partial charge in [-0.3, -0.25) is 0 Å². The molecule has 3 aliphatic heterocycles. The number of fused-ring (bicyclic) bond motifs is 1. The van der Waals surface area contributed by atoms with E-state index in [1.807, 2.05) is 30.3 Å². The van der Waals surface area contributed by atoms with Crippen LogP contribution in [-0.2, 0) is 25.4 Å². The zero-order chi connectivity index (χ0) is 27.3. The first-order valence-corrected chi connectivity index (χ1v) is 14.9. The van der Waals surface area contributed by atoms with Gasteiger partial charge in [0.25, 0.3) is 0 Å². The maximum absolute atomic E-state index is 13.0. The number of β-amino-alcohol motifs (C(OH)–C–C–N with tert-alkyl or cyclic N) is 1. The molecule has 0 aromatic heterocycles. The number of aliphatic hydroxyl groups excluding tert-OH is 1. The number of amides is 2. The predicted molar refractivity (Wildman–Crippen MR) is 146 cm³/mol. The zero-order valence-electron chi connectivity index (χ0n) is 23.1. The van der Waals surface area contributed by atoms with Gasteiger partial charge in [-0.1, -0.05) is 81.7 Å². The number of ether oxygens (including phenoxy) is 4. The minimum Gasteiger partial charge on any atom is -0.449 e. The van der Waals surface area contributed by atoms with E-state index < -0.39 is 24.3 Å². The van der Waals surface area contributed by atoms with Gasteiger partial charge in [-0.2, -0.15) is 0 Å². The average molecular weight is 547 g/mol. The molecule has 4 rings (SSSR count). The van der Waals surface area contributed by atoms with E-state index in [1.165, 1.54) is 32.1 Å². The lowest BCUT2D eigenvalue weighted by atomic mass is 10.0. The van der Waals surface area contributed by atoms with Crippen LogP contribution in [0.15, 0.2) is 30.3 Å². The van der Waals surface area contributed by atoms with Crippen LogP contribution in [0.5, 0.6) is 0 Å². The minimum absolute atomic E-state index is 0.0307. The fraction of sp³-hybridized carbons (Fsp3) is 0.733. The quantitative estimate of drug-likeness (QED) is 0.506. The predicted octanol–water partition coefficient (Wildman–Crippen LogP) is 4.80. The van der Waals surface area contributed by atoms with E-state index in [0.29, 0.717) is 32.8 Å². The van der Waals surface area contributed by atoms with Gasteiger partial charge in [0.15, 0.2) is 6.29 Å². The Bertz CT molecular complexity index is 870. The van der Waals surface area contributed by atoms with Gasteiger partial charge >= 0.3 is 12.2 Å². The summed E-state index contributed by atoms with van der Waals surface area (Å²) < 4.78 is 22.4. The topological polar surface area (TPSA) is 107 Å². The van der Waals surface area contributed by atoms with Crippen LogP contribution in [-0.4, -0.2) is 79.6 Å². The third-order valence-corrected chi connectivity index (χ3v) is 8.02. The van der Waals surface area contributed by atoms with Gasteiger partial charge < -0.3 is 34.3 Å². The number of carbonyl (C=O) groups is 2. The van der Waals surface area contributed by atoms with Gasteiger partial charge in [-0.25, -0.2) is 9.59 Å². The molecule has 3 heterocycles. The molecule has 2 N–H and O–H groups in total. The number of benzene rings is 1. The number of aliphatic hydroxyl groups is 1. The van der Waals surface area contributed by atoms with Gasteiger partial charge in [-0.05, 0) is 31.2 Å². The number of hydrogen-bond donors (Lipinski definition) is 2. The molecule has 3 saturated heterocycles. The number of alkyl carbamates (subject to hydrolysis) is 1. The van der Waals surface area contributed by atoms with Crippen LogP contribution in [0.3, 0.4) is 0 Å². The van der Waals surface area contributed by atoms with Crippen molar-refractivity contribution >= 4 is 12.2 Å². The monoisotopic (exact) mass is 546 g/mol. The van der Waals surface area contributed by atoms with Crippen molar-refractivity contribution in [2.45, 2.75) is 102 Å². The van der Waals surface area contributed by atoms with Crippen molar-refractivity contribution in [3.8, 4) is 0 Å². The Morgan fingerprint density at radius 3 is 2.41 bits per heavy atom. The van der Waals surface area contributed by atoms with Crippen LogP contribution in [0.1, 0.15) is 76.2 Å². The van der Waals surface area contributed by atoms with Crippen molar-refractivity contribution in [1.29, 1.82) is 0 Å². The van der Waals surface area contributed by atoms with E-state index in [-0.39, 0.29) is 24.9 Å². The van der Waals surface area contributed by atoms with Crippen molar-refractivity contribution in [3.05, 3.63) is 35.9 Å². The number of cyclic esters (lactones) is 1. The minimum atomic E-state index is -1.00. The highest BCUT2D eigenvalue weighted by Crippen LogP contribution is 2.33. The summed E-state index contributed by atoms with van der Waals surface area (Å²) in [5.74, 6) is 0.0307. The molecule has 0 aliphatic carbocycles. The second-order valence-electron chi connectivity index (χ2n) is 11.1. The fourth-order valence-corrected chi connectivity index (χ4v) is 5.70. The first kappa shape index (κ1) is 29.6. The lowest BCUT2D eigenvalue weighted by Crippen LogP contribution is -2.51. The SMILES string of the molecule is O=C(NC(Cc1ccccc1)C(O)CN1CCCCCCCCCCCCOC1=O)O[C@H]1CO[C@H]2OCC[C@H]21. The molecule has 2 unspecified atom stereocenters. The Hall–Kier alpha value is -2.36. The Labute approximate surface area is 232 Å². The summed E-state index contributed by atoms with van der Waals surface area (Å²) in [5.41, 5.74) is 0.968. The summed E-state index contributed by atoms with van der Waals surface area (Å²) in [6.45, 7) is 1.87. The smallest absolute Gasteiger partial charge is 0.409 e. The van der Waals surface area contributed by atoms with Crippen molar-refractivity contribution in [1.82, 2.24) is 10.2 Å². The van der Waals surface area contributed by atoms with Gasteiger partial charge in [0.1, 0.15) is 6.10 Å². The summed E-state index contributed by atoms with van der Waals surface area (Å²) in [7, 11) is 0. The Morgan fingerprint density at radius 1 is 0.974 bits per heavy atom. The molecule has 0 saturated carbocycles. The van der Waals surface area contributed by atoms with Gasteiger partial charge in [-0.15, -0.1) is 0 Å². The third-order valence-electron chi connectivity index (χ3n) is 8.02. The maximum Gasteiger partial charge on any atom is 0.409 e. The average Bonchev–Trinajstić information content (AvgIpc) is 3.55. The van der Waals surface area contributed by atoms with Gasteiger partial charge in [0.2, 0.25) is 0 Å². The molecule has 9 nitrogen and oxygen atoms in total. The largest absolute Gasteiger partial charge is 0.449 e. The molecule has 0 spiro atoms. The summed E-state index contributed by atoms with van der Waals surface area (Å²) >= 11 is 0. The second-order valence-corrected chi connectivity index (χ2v) is 11.1. The summed E-state index contributed by atoms with van der Waals surface area (Å²) in [6, 6.07) is 9.03.